The van der Waals surface area contributed by atoms with Crippen LogP contribution >= 0.6 is 0 Å². The average Bonchev–Trinajstić information content (AvgIpc) is 3.57. The summed E-state index contributed by atoms with van der Waals surface area (Å²) < 4.78 is 5.67. The van der Waals surface area contributed by atoms with Gasteiger partial charge < -0.3 is 10.5 Å². The second-order valence-corrected chi connectivity index (χ2v) is 8.24. The number of rotatable bonds is 7. The SMILES string of the molecule is C=Cc1c(/C=C\C)nc(-c2ccc(-c3ccc(C4(N)CC4)cc3)cc2)c(OC)c1C(C)=O. The maximum Gasteiger partial charge on any atom is 0.164 e. The van der Waals surface area contributed by atoms with Crippen LogP contribution in [0.2, 0.25) is 0 Å². The second-order valence-electron chi connectivity index (χ2n) is 8.24. The van der Waals surface area contributed by atoms with E-state index in [-0.39, 0.29) is 11.3 Å². The number of Topliss-reactive ketones (excluding diaryl/α,β-unsaturated/α-hetero) is 1. The molecule has 1 fully saturated rings. The number of benzene rings is 2. The first-order valence-corrected chi connectivity index (χ1v) is 10.8. The fraction of sp³-hybridized carbons (Fsp3) is 0.214. The van der Waals surface area contributed by atoms with Crippen molar-refractivity contribution in [2.24, 2.45) is 5.73 Å². The number of ether oxygens (including phenoxy) is 1. The Balaban J connectivity index is 1.76. The monoisotopic (exact) mass is 424 g/mol. The zero-order valence-electron chi connectivity index (χ0n) is 18.8. The van der Waals surface area contributed by atoms with Crippen LogP contribution in [0, 0.1) is 0 Å². The van der Waals surface area contributed by atoms with Crippen molar-refractivity contribution < 1.29 is 9.53 Å². The van der Waals surface area contributed by atoms with E-state index in [1.54, 1.807) is 13.2 Å². The summed E-state index contributed by atoms with van der Waals surface area (Å²) in [5.41, 5.74) is 13.0. The minimum absolute atomic E-state index is 0.0869. The Bertz CT molecular complexity index is 1200. The van der Waals surface area contributed by atoms with Gasteiger partial charge in [0.15, 0.2) is 11.5 Å². The summed E-state index contributed by atoms with van der Waals surface area (Å²) in [4.78, 5) is 17.3. The third kappa shape index (κ3) is 3.90. The highest BCUT2D eigenvalue weighted by atomic mass is 16.5. The molecular formula is C28H28N2O2. The number of pyridine rings is 1. The Morgan fingerprint density at radius 2 is 1.62 bits per heavy atom. The first-order valence-electron chi connectivity index (χ1n) is 10.8. The summed E-state index contributed by atoms with van der Waals surface area (Å²) in [5, 5.41) is 0. The van der Waals surface area contributed by atoms with E-state index in [9.17, 15) is 4.79 Å². The standard InChI is InChI=1S/C28H28N2O2/c1-5-7-24-23(6-2)25(18(3)31)27(32-4)26(30-24)21-10-8-19(9-11-21)20-12-14-22(15-13-20)28(29)16-17-28/h5-15H,2,16-17,29H2,1,3-4H3/b7-5-. The molecule has 1 aromatic heterocycles. The largest absolute Gasteiger partial charge is 0.494 e. The Labute approximate surface area is 189 Å². The van der Waals surface area contributed by atoms with E-state index in [0.29, 0.717) is 28.3 Å². The van der Waals surface area contributed by atoms with Gasteiger partial charge in [0.2, 0.25) is 0 Å². The van der Waals surface area contributed by atoms with Crippen LogP contribution < -0.4 is 10.5 Å². The first kappa shape index (κ1) is 21.7. The van der Waals surface area contributed by atoms with Gasteiger partial charge in [-0.15, -0.1) is 0 Å². The van der Waals surface area contributed by atoms with Gasteiger partial charge in [0.05, 0.1) is 18.4 Å². The lowest BCUT2D eigenvalue weighted by molar-refractivity contribution is 0.101. The van der Waals surface area contributed by atoms with Crippen molar-refractivity contribution in [3.63, 3.8) is 0 Å². The molecule has 1 aliphatic carbocycles. The third-order valence-corrected chi connectivity index (χ3v) is 6.04. The average molecular weight is 425 g/mol. The lowest BCUT2D eigenvalue weighted by Crippen LogP contribution is -2.18. The van der Waals surface area contributed by atoms with Crippen molar-refractivity contribution >= 4 is 17.9 Å². The highest BCUT2D eigenvalue weighted by Crippen LogP contribution is 2.43. The van der Waals surface area contributed by atoms with Crippen LogP contribution in [0.15, 0.2) is 61.2 Å². The third-order valence-electron chi connectivity index (χ3n) is 6.04. The molecular weight excluding hydrogens is 396 g/mol. The molecule has 0 unspecified atom stereocenters. The van der Waals surface area contributed by atoms with Crippen molar-refractivity contribution in [2.75, 3.05) is 7.11 Å². The summed E-state index contributed by atoms with van der Waals surface area (Å²) in [6.07, 6.45) is 7.54. The topological polar surface area (TPSA) is 65.2 Å². The number of carbonyl (C=O) groups excluding carboxylic acids is 1. The van der Waals surface area contributed by atoms with E-state index in [1.807, 2.05) is 31.2 Å². The van der Waals surface area contributed by atoms with Crippen molar-refractivity contribution in [2.45, 2.75) is 32.2 Å². The maximum atomic E-state index is 12.5. The quantitative estimate of drug-likeness (QED) is 0.455. The van der Waals surface area contributed by atoms with Crippen molar-refractivity contribution in [1.82, 2.24) is 4.98 Å². The minimum atomic E-state index is -0.124. The normalized spacial score (nSPS) is 14.4. The lowest BCUT2D eigenvalue weighted by Gasteiger charge is -2.17. The molecule has 1 heterocycles. The van der Waals surface area contributed by atoms with Crippen LogP contribution in [0.5, 0.6) is 5.75 Å². The van der Waals surface area contributed by atoms with Crippen LogP contribution in [-0.2, 0) is 5.54 Å². The number of allylic oxidation sites excluding steroid dienone is 1. The molecule has 0 radical (unpaired) electrons. The molecule has 0 aliphatic heterocycles. The van der Waals surface area contributed by atoms with Gasteiger partial charge in [-0.25, -0.2) is 4.98 Å². The number of aromatic nitrogens is 1. The van der Waals surface area contributed by atoms with Gasteiger partial charge in [-0.2, -0.15) is 0 Å². The van der Waals surface area contributed by atoms with Gasteiger partial charge in [-0.05, 0) is 49.5 Å². The molecule has 0 amide bonds. The number of ketones is 1. The molecule has 1 aliphatic rings. The van der Waals surface area contributed by atoms with Crippen LogP contribution in [0.3, 0.4) is 0 Å². The smallest absolute Gasteiger partial charge is 0.164 e. The van der Waals surface area contributed by atoms with Crippen molar-refractivity contribution in [3.8, 4) is 28.1 Å². The van der Waals surface area contributed by atoms with Crippen LogP contribution in [0.1, 0.15) is 53.9 Å². The molecule has 2 N–H and O–H groups in total. The number of carbonyl (C=O) groups is 1. The summed E-state index contributed by atoms with van der Waals surface area (Å²) >= 11 is 0. The predicted molar refractivity (Wildman–Crippen MR) is 132 cm³/mol. The van der Waals surface area contributed by atoms with E-state index < -0.39 is 0 Å². The maximum absolute atomic E-state index is 12.5. The molecule has 4 nitrogen and oxygen atoms in total. The molecule has 4 heteroatoms. The lowest BCUT2D eigenvalue weighted by atomic mass is 9.96. The Kier molecular flexibility index (Phi) is 5.81. The molecule has 32 heavy (non-hydrogen) atoms. The van der Waals surface area contributed by atoms with Crippen LogP contribution in [0.4, 0.5) is 0 Å². The molecule has 2 aromatic carbocycles. The summed E-state index contributed by atoms with van der Waals surface area (Å²) in [6.45, 7) is 7.33. The molecule has 0 atom stereocenters. The predicted octanol–water partition coefficient (Wildman–Crippen LogP) is 6.25. The molecule has 1 saturated carbocycles. The number of nitrogens with zero attached hydrogens (tertiary/aromatic N) is 1. The Morgan fingerprint density at radius 3 is 2.09 bits per heavy atom. The van der Waals surface area contributed by atoms with Gasteiger partial charge in [0, 0.05) is 16.7 Å². The number of nitrogens with two attached hydrogens (primary N) is 1. The van der Waals surface area contributed by atoms with Crippen molar-refractivity contribution in [3.05, 3.63) is 83.6 Å². The zero-order chi connectivity index (χ0) is 22.9. The minimum Gasteiger partial charge on any atom is -0.494 e. The summed E-state index contributed by atoms with van der Waals surface area (Å²) in [6, 6.07) is 16.6. The summed E-state index contributed by atoms with van der Waals surface area (Å²) in [5.74, 6) is 0.381. The van der Waals surface area contributed by atoms with Crippen LogP contribution in [-0.4, -0.2) is 17.9 Å². The number of methoxy groups -OCH3 is 1. The van der Waals surface area contributed by atoms with E-state index >= 15 is 0 Å². The van der Waals surface area contributed by atoms with E-state index in [4.69, 9.17) is 15.5 Å². The van der Waals surface area contributed by atoms with E-state index in [0.717, 1.165) is 29.5 Å². The first-order chi connectivity index (χ1) is 15.4. The van der Waals surface area contributed by atoms with Crippen LogP contribution in [0.25, 0.3) is 34.5 Å². The highest BCUT2D eigenvalue weighted by Gasteiger charge is 2.39. The van der Waals surface area contributed by atoms with E-state index in [2.05, 4.69) is 43.0 Å². The van der Waals surface area contributed by atoms with Gasteiger partial charge in [0.25, 0.3) is 0 Å². The fourth-order valence-corrected chi connectivity index (χ4v) is 4.07. The fourth-order valence-electron chi connectivity index (χ4n) is 4.07. The molecule has 0 saturated heterocycles. The molecule has 0 spiro atoms. The summed E-state index contributed by atoms with van der Waals surface area (Å²) in [7, 11) is 1.56. The molecule has 4 rings (SSSR count). The highest BCUT2D eigenvalue weighted by molar-refractivity contribution is 6.03. The zero-order valence-corrected chi connectivity index (χ0v) is 18.8. The second kappa shape index (κ2) is 8.56. The van der Waals surface area contributed by atoms with Gasteiger partial charge in [-0.3, -0.25) is 4.79 Å². The number of hydrogen-bond donors (Lipinski definition) is 1. The van der Waals surface area contributed by atoms with Gasteiger partial charge in [0.1, 0.15) is 5.69 Å². The molecule has 162 valence electrons. The molecule has 0 bridgehead atoms. The van der Waals surface area contributed by atoms with Crippen molar-refractivity contribution in [1.29, 1.82) is 0 Å². The van der Waals surface area contributed by atoms with Gasteiger partial charge in [-0.1, -0.05) is 67.3 Å². The van der Waals surface area contributed by atoms with E-state index in [1.165, 1.54) is 12.5 Å². The molecule has 3 aromatic rings. The number of hydrogen-bond acceptors (Lipinski definition) is 4. The van der Waals surface area contributed by atoms with Gasteiger partial charge >= 0.3 is 0 Å². The Hall–Kier alpha value is -3.50. The Morgan fingerprint density at radius 1 is 1.06 bits per heavy atom.